The number of aliphatic carboxylic acids is 1. The van der Waals surface area contributed by atoms with Crippen molar-refractivity contribution in [2.75, 3.05) is 6.54 Å². The van der Waals surface area contributed by atoms with Crippen molar-refractivity contribution in [3.63, 3.8) is 0 Å². The fraction of sp³-hybridized carbons (Fsp3) is 0.889. The van der Waals surface area contributed by atoms with Crippen molar-refractivity contribution in [2.45, 2.75) is 38.5 Å². The summed E-state index contributed by atoms with van der Waals surface area (Å²) in [4.78, 5) is 10.5. The van der Waals surface area contributed by atoms with E-state index in [0.717, 1.165) is 32.2 Å². The maximum Gasteiger partial charge on any atom is 0.0800 e. The van der Waals surface area contributed by atoms with Crippen LogP contribution in [0.1, 0.15) is 38.5 Å². The van der Waals surface area contributed by atoms with E-state index in [0.29, 0.717) is 0 Å². The highest BCUT2D eigenvalue weighted by Gasteiger charge is 2.32. The largest absolute Gasteiger partial charge is 0.550 e. The molecule has 19 heavy (non-hydrogen) atoms. The molecular weight excluding hydrogens is 266 g/mol. The SMILES string of the molecule is O.O.O.O.O.O.O.[NH3+]CC1(CC(=O)[O-])CCCCC1. The second-order valence-corrected chi connectivity index (χ2v) is 3.86. The number of rotatable bonds is 3. The Bertz CT molecular complexity index is 173. The highest BCUT2D eigenvalue weighted by atomic mass is 16.4. The zero-order chi connectivity index (χ0) is 9.03. The lowest BCUT2D eigenvalue weighted by Gasteiger charge is -2.34. The second-order valence-electron chi connectivity index (χ2n) is 3.86. The van der Waals surface area contributed by atoms with Gasteiger partial charge in [0, 0.05) is 11.4 Å². The van der Waals surface area contributed by atoms with Gasteiger partial charge >= 0.3 is 0 Å². The molecule has 0 aliphatic heterocycles. The van der Waals surface area contributed by atoms with Crippen molar-refractivity contribution >= 4 is 5.97 Å². The minimum absolute atomic E-state index is 0. The molecule has 0 unspecified atom stereocenters. The molecule has 0 spiro atoms. The maximum absolute atomic E-state index is 10.5. The summed E-state index contributed by atoms with van der Waals surface area (Å²) < 4.78 is 0. The molecule has 0 heterocycles. The molecule has 0 bridgehead atoms. The molecule has 0 aromatic rings. The van der Waals surface area contributed by atoms with Gasteiger partial charge in [0.15, 0.2) is 0 Å². The van der Waals surface area contributed by atoms with Gasteiger partial charge in [0.2, 0.25) is 0 Å². The average molecular weight is 297 g/mol. The average Bonchev–Trinajstić information content (AvgIpc) is 2.05. The molecule has 10 heteroatoms. The van der Waals surface area contributed by atoms with Crippen molar-refractivity contribution in [3.05, 3.63) is 0 Å². The number of hydrogen-bond acceptors (Lipinski definition) is 2. The van der Waals surface area contributed by atoms with Crippen LogP contribution < -0.4 is 10.8 Å². The first-order valence-electron chi connectivity index (χ1n) is 4.68. The molecule has 0 radical (unpaired) electrons. The fourth-order valence-corrected chi connectivity index (χ4v) is 2.12. The molecule has 0 amide bonds. The highest BCUT2D eigenvalue weighted by molar-refractivity contribution is 5.65. The summed E-state index contributed by atoms with van der Waals surface area (Å²) >= 11 is 0. The van der Waals surface area contributed by atoms with E-state index >= 15 is 0 Å². The maximum atomic E-state index is 10.5. The van der Waals surface area contributed by atoms with Gasteiger partial charge in [-0.25, -0.2) is 0 Å². The zero-order valence-corrected chi connectivity index (χ0v) is 11.0. The van der Waals surface area contributed by atoms with Gasteiger partial charge in [0.1, 0.15) is 0 Å². The monoisotopic (exact) mass is 297 g/mol. The normalized spacial score (nSPS) is 13.9. The number of carbonyl (C=O) groups is 1. The molecule has 1 aliphatic rings. The van der Waals surface area contributed by atoms with Gasteiger partial charge in [-0.1, -0.05) is 19.3 Å². The van der Waals surface area contributed by atoms with E-state index in [2.05, 4.69) is 5.73 Å². The van der Waals surface area contributed by atoms with Gasteiger partial charge in [0.25, 0.3) is 0 Å². The lowest BCUT2D eigenvalue weighted by atomic mass is 9.72. The van der Waals surface area contributed by atoms with E-state index in [9.17, 15) is 9.90 Å². The van der Waals surface area contributed by atoms with Gasteiger partial charge < -0.3 is 54.0 Å². The molecule has 17 N–H and O–H groups in total. The van der Waals surface area contributed by atoms with Gasteiger partial charge in [-0.2, -0.15) is 0 Å². The van der Waals surface area contributed by atoms with Gasteiger partial charge in [-0.15, -0.1) is 0 Å². The standard InChI is InChI=1S/C9H17NO2.7H2O/c10-7-9(6-8(11)12)4-2-1-3-5-9;;;;;;;/h1-7,10H2,(H,11,12);7*1H2. The molecule has 1 fully saturated rings. The fourth-order valence-electron chi connectivity index (χ4n) is 2.12. The van der Waals surface area contributed by atoms with Gasteiger partial charge in [-0.05, 0) is 19.3 Å². The van der Waals surface area contributed by atoms with E-state index in [4.69, 9.17) is 0 Å². The van der Waals surface area contributed by atoms with E-state index < -0.39 is 5.97 Å². The zero-order valence-electron chi connectivity index (χ0n) is 11.0. The molecule has 10 nitrogen and oxygen atoms in total. The Hall–Kier alpha value is -0.850. The molecule has 0 atom stereocenters. The third kappa shape index (κ3) is 13.4. The minimum atomic E-state index is -0.916. The Balaban J connectivity index is -0.0000000411. The van der Waals surface area contributed by atoms with E-state index in [1.165, 1.54) is 6.42 Å². The summed E-state index contributed by atoms with van der Waals surface area (Å²) in [6.07, 6.45) is 5.80. The third-order valence-electron chi connectivity index (χ3n) is 2.96. The number of hydrogen-bond donors (Lipinski definition) is 1. The van der Waals surface area contributed by atoms with Crippen molar-refractivity contribution in [3.8, 4) is 0 Å². The van der Waals surface area contributed by atoms with Crippen molar-refractivity contribution < 1.29 is 54.0 Å². The van der Waals surface area contributed by atoms with Gasteiger partial charge in [0.05, 0.1) is 6.54 Å². The summed E-state index contributed by atoms with van der Waals surface area (Å²) in [5.41, 5.74) is 3.81. The number of carboxylic acid groups (broad SMARTS) is 1. The second kappa shape index (κ2) is 19.5. The summed E-state index contributed by atoms with van der Waals surface area (Å²) in [6, 6.07) is 0. The first-order valence-corrected chi connectivity index (χ1v) is 4.68. The molecule has 0 aromatic carbocycles. The smallest absolute Gasteiger partial charge is 0.0800 e. The van der Waals surface area contributed by atoms with Crippen LogP contribution in [0.2, 0.25) is 0 Å². The Morgan fingerprint density at radius 1 is 0.895 bits per heavy atom. The predicted molar refractivity (Wildman–Crippen MR) is 68.2 cm³/mol. The van der Waals surface area contributed by atoms with Gasteiger partial charge in [-0.3, -0.25) is 0 Å². The van der Waals surface area contributed by atoms with Crippen LogP contribution in [-0.2, 0) is 4.79 Å². The molecule has 1 rings (SSSR count). The quantitative estimate of drug-likeness (QED) is 0.531. The summed E-state index contributed by atoms with van der Waals surface area (Å²) in [6.45, 7) is 0.737. The molecule has 1 aliphatic carbocycles. The lowest BCUT2D eigenvalue weighted by molar-refractivity contribution is -0.397. The van der Waals surface area contributed by atoms with Crippen LogP contribution >= 0.6 is 0 Å². The Kier molecular flexibility index (Phi) is 44.0. The number of quaternary nitrogens is 1. The van der Waals surface area contributed by atoms with Crippen molar-refractivity contribution in [1.29, 1.82) is 0 Å². The molecule has 0 saturated heterocycles. The van der Waals surface area contributed by atoms with Crippen LogP contribution in [-0.4, -0.2) is 50.8 Å². The van der Waals surface area contributed by atoms with E-state index in [1.54, 1.807) is 0 Å². The summed E-state index contributed by atoms with van der Waals surface area (Å²) in [7, 11) is 0. The van der Waals surface area contributed by atoms with E-state index in [-0.39, 0.29) is 50.2 Å². The van der Waals surface area contributed by atoms with Crippen LogP contribution in [0, 0.1) is 5.41 Å². The predicted octanol–water partition coefficient (Wildman–Crippen LogP) is -6.45. The van der Waals surface area contributed by atoms with Crippen LogP contribution in [0.25, 0.3) is 0 Å². The Morgan fingerprint density at radius 3 is 1.53 bits per heavy atom. The summed E-state index contributed by atoms with van der Waals surface area (Å²) in [5.74, 6) is -0.916. The lowest BCUT2D eigenvalue weighted by Crippen LogP contribution is -2.59. The molecule has 1 saturated carbocycles. The highest BCUT2D eigenvalue weighted by Crippen LogP contribution is 2.37. The first-order chi connectivity index (χ1) is 5.68. The number of carboxylic acids is 1. The molecular formula is C9H31NO9. The third-order valence-corrected chi connectivity index (χ3v) is 2.96. The van der Waals surface area contributed by atoms with Crippen LogP contribution in [0.5, 0.6) is 0 Å². The topological polar surface area (TPSA) is 288 Å². The van der Waals surface area contributed by atoms with Crippen LogP contribution in [0.4, 0.5) is 0 Å². The van der Waals surface area contributed by atoms with E-state index in [1.807, 2.05) is 0 Å². The van der Waals surface area contributed by atoms with Crippen molar-refractivity contribution in [2.24, 2.45) is 5.41 Å². The summed E-state index contributed by atoms with van der Waals surface area (Å²) in [5, 5.41) is 10.5. The van der Waals surface area contributed by atoms with Crippen molar-refractivity contribution in [1.82, 2.24) is 0 Å². The van der Waals surface area contributed by atoms with Crippen LogP contribution in [0.3, 0.4) is 0 Å². The minimum Gasteiger partial charge on any atom is -0.550 e. The molecule has 126 valence electrons. The Labute approximate surface area is 111 Å². The first kappa shape index (κ1) is 42.9. The van der Waals surface area contributed by atoms with Crippen LogP contribution in [0.15, 0.2) is 0 Å². The number of carbonyl (C=O) groups excluding carboxylic acids is 1. The molecule has 0 aromatic heterocycles. The Morgan fingerprint density at radius 2 is 1.26 bits per heavy atom.